The van der Waals surface area contributed by atoms with Gasteiger partial charge in [-0.2, -0.15) is 0 Å². The number of carbonyl (C=O) groups excluding carboxylic acids is 1. The van der Waals surface area contributed by atoms with Crippen molar-refractivity contribution < 1.29 is 19.1 Å². The van der Waals surface area contributed by atoms with Crippen LogP contribution in [0.1, 0.15) is 79.8 Å². The van der Waals surface area contributed by atoms with Crippen LogP contribution in [0.15, 0.2) is 48.7 Å². The van der Waals surface area contributed by atoms with Gasteiger partial charge in [0.1, 0.15) is 5.75 Å². The number of aromatic nitrogens is 1. The Kier molecular flexibility index (Phi) is 9.44. The Labute approximate surface area is 242 Å². The zero-order chi connectivity index (χ0) is 30.0. The van der Waals surface area contributed by atoms with Crippen molar-refractivity contribution in [2.24, 2.45) is 11.8 Å². The molecule has 0 aliphatic heterocycles. The first-order valence-electron chi connectivity index (χ1n) is 14.5. The molecule has 0 unspecified atom stereocenters. The van der Waals surface area contributed by atoms with E-state index < -0.39 is 19.9 Å². The summed E-state index contributed by atoms with van der Waals surface area (Å²) in [5.74, 6) is 0.765. The van der Waals surface area contributed by atoms with E-state index in [0.29, 0.717) is 0 Å². The van der Waals surface area contributed by atoms with Crippen LogP contribution in [0.5, 0.6) is 5.75 Å². The fourth-order valence-corrected chi connectivity index (χ4v) is 5.99. The fourth-order valence-electron chi connectivity index (χ4n) is 4.96. The Balaban J connectivity index is 1.98. The van der Waals surface area contributed by atoms with Crippen molar-refractivity contribution in [3.05, 3.63) is 54.4 Å². The number of anilines is 1. The third kappa shape index (κ3) is 7.25. The topological polar surface area (TPSA) is 83.0 Å². The lowest BCUT2D eigenvalue weighted by Crippen LogP contribution is -2.58. The molecule has 0 radical (unpaired) electrons. The molecule has 220 valence electrons. The van der Waals surface area contributed by atoms with Crippen molar-refractivity contribution in [1.29, 1.82) is 0 Å². The first kappa shape index (κ1) is 31.7. The number of carbonyl (C=O) groups is 2. The molecule has 0 spiro atoms. The zero-order valence-electron chi connectivity index (χ0n) is 26.1. The van der Waals surface area contributed by atoms with Gasteiger partial charge in [-0.1, -0.05) is 47.1 Å². The quantitative estimate of drug-likeness (QED) is 0.296. The van der Waals surface area contributed by atoms with Crippen molar-refractivity contribution in [3.8, 4) is 5.75 Å². The fraction of sp³-hybridized carbons (Fsp3) is 0.594. The highest BCUT2D eigenvalue weighted by atomic mass is 28.4. The first-order chi connectivity index (χ1) is 18.5. The second-order valence-corrected chi connectivity index (χ2v) is 18.5. The van der Waals surface area contributed by atoms with Crippen LogP contribution in [0.3, 0.4) is 0 Å². The van der Waals surface area contributed by atoms with E-state index in [1.165, 1.54) is 4.90 Å². The summed E-state index contributed by atoms with van der Waals surface area (Å²) in [6, 6.07) is 13.2. The molecule has 1 aliphatic carbocycles. The van der Waals surface area contributed by atoms with E-state index in [1.807, 2.05) is 68.1 Å². The van der Waals surface area contributed by atoms with Gasteiger partial charge in [0, 0.05) is 41.5 Å². The molecule has 0 saturated heterocycles. The number of rotatable bonds is 10. The van der Waals surface area contributed by atoms with Crippen molar-refractivity contribution >= 4 is 26.0 Å². The summed E-state index contributed by atoms with van der Waals surface area (Å²) >= 11 is 0. The second kappa shape index (κ2) is 11.9. The highest BCUT2D eigenvalue weighted by Gasteiger charge is 2.48. The van der Waals surface area contributed by atoms with Crippen LogP contribution < -0.4 is 9.33 Å². The molecular weight excluding hydrogens is 518 g/mol. The van der Waals surface area contributed by atoms with Crippen LogP contribution in [-0.2, 0) is 4.79 Å². The van der Waals surface area contributed by atoms with E-state index in [9.17, 15) is 14.7 Å². The average Bonchev–Trinajstić information content (AvgIpc) is 3.66. The SMILES string of the molecule is CC[C@H](C)[C@@H](CN(C(=O)[C@@H]1C[C@H]1c1ccccn1)c1ccc(O[Si](C)(C)C(C)(C)C)cc1)N(C(=O)O)C(C)(C)C. The molecular formula is C32H49N3O4Si. The molecule has 8 heteroatoms. The van der Waals surface area contributed by atoms with Crippen LogP contribution in [0.25, 0.3) is 0 Å². The van der Waals surface area contributed by atoms with E-state index in [1.54, 1.807) is 6.20 Å². The highest BCUT2D eigenvalue weighted by molar-refractivity contribution is 6.74. The van der Waals surface area contributed by atoms with E-state index in [2.05, 4.69) is 52.7 Å². The molecule has 1 heterocycles. The lowest BCUT2D eigenvalue weighted by Gasteiger charge is -2.44. The number of benzene rings is 1. The van der Waals surface area contributed by atoms with E-state index in [-0.39, 0.29) is 41.3 Å². The number of nitrogens with zero attached hydrogens (tertiary/aromatic N) is 3. The van der Waals surface area contributed by atoms with Gasteiger partial charge in [-0.15, -0.1) is 0 Å². The smallest absolute Gasteiger partial charge is 0.408 e. The maximum atomic E-state index is 14.1. The highest BCUT2D eigenvalue weighted by Crippen LogP contribution is 2.48. The lowest BCUT2D eigenvalue weighted by atomic mass is 9.92. The van der Waals surface area contributed by atoms with Gasteiger partial charge < -0.3 is 14.4 Å². The van der Waals surface area contributed by atoms with E-state index >= 15 is 0 Å². The number of amides is 2. The summed E-state index contributed by atoms with van der Waals surface area (Å²) in [6.07, 6.45) is 2.34. The molecule has 3 rings (SSSR count). The summed E-state index contributed by atoms with van der Waals surface area (Å²) in [7, 11) is -2.02. The summed E-state index contributed by atoms with van der Waals surface area (Å²) in [5, 5.41) is 10.3. The van der Waals surface area contributed by atoms with Gasteiger partial charge in [0.25, 0.3) is 0 Å². The maximum absolute atomic E-state index is 14.1. The van der Waals surface area contributed by atoms with Crippen LogP contribution in [0, 0.1) is 11.8 Å². The second-order valence-electron chi connectivity index (χ2n) is 13.8. The summed E-state index contributed by atoms with van der Waals surface area (Å²) in [4.78, 5) is 34.5. The minimum Gasteiger partial charge on any atom is -0.544 e. The van der Waals surface area contributed by atoms with Crippen molar-refractivity contribution in [2.45, 2.75) is 104 Å². The van der Waals surface area contributed by atoms with Crippen LogP contribution in [-0.4, -0.2) is 53.4 Å². The predicted octanol–water partition coefficient (Wildman–Crippen LogP) is 7.80. The minimum atomic E-state index is -2.02. The summed E-state index contributed by atoms with van der Waals surface area (Å²) in [6.45, 7) is 21.2. The zero-order valence-corrected chi connectivity index (χ0v) is 27.1. The monoisotopic (exact) mass is 567 g/mol. The average molecular weight is 568 g/mol. The lowest BCUT2D eigenvalue weighted by molar-refractivity contribution is -0.120. The molecule has 1 aliphatic rings. The number of hydrogen-bond acceptors (Lipinski definition) is 4. The van der Waals surface area contributed by atoms with Crippen LogP contribution >= 0.6 is 0 Å². The van der Waals surface area contributed by atoms with Crippen molar-refractivity contribution in [1.82, 2.24) is 9.88 Å². The Morgan fingerprint density at radius 3 is 2.17 bits per heavy atom. The summed E-state index contributed by atoms with van der Waals surface area (Å²) < 4.78 is 6.49. The Bertz CT molecular complexity index is 1160. The molecule has 4 atom stereocenters. The molecule has 7 nitrogen and oxygen atoms in total. The van der Waals surface area contributed by atoms with Crippen LogP contribution in [0.4, 0.5) is 10.5 Å². The molecule has 2 amide bonds. The maximum Gasteiger partial charge on any atom is 0.408 e. The predicted molar refractivity (Wildman–Crippen MR) is 165 cm³/mol. The van der Waals surface area contributed by atoms with E-state index in [4.69, 9.17) is 4.43 Å². The number of hydrogen-bond donors (Lipinski definition) is 1. The van der Waals surface area contributed by atoms with Gasteiger partial charge in [-0.05, 0) is 87.6 Å². The van der Waals surface area contributed by atoms with Crippen molar-refractivity contribution in [2.75, 3.05) is 11.4 Å². The largest absolute Gasteiger partial charge is 0.544 e. The molecule has 2 aromatic rings. The standard InChI is InChI=1S/C32H49N3O4Si/c1-11-22(2)28(35(30(37)38)31(3,4)5)21-34(29(36)26-20-25(26)27-14-12-13-19-33-27)23-15-17-24(18-16-23)39-40(9,10)32(6,7)8/h12-19,22,25-26,28H,11,20-21H2,1-10H3,(H,37,38)/t22-,25+,26+,28+/m0/s1. The molecule has 40 heavy (non-hydrogen) atoms. The van der Waals surface area contributed by atoms with Gasteiger partial charge >= 0.3 is 6.09 Å². The molecule has 1 aromatic carbocycles. The van der Waals surface area contributed by atoms with Gasteiger partial charge in [0.15, 0.2) is 0 Å². The third-order valence-electron chi connectivity index (χ3n) is 8.70. The van der Waals surface area contributed by atoms with E-state index in [0.717, 1.165) is 30.0 Å². The first-order valence-corrected chi connectivity index (χ1v) is 17.4. The Hall–Kier alpha value is -2.87. The molecule has 0 bridgehead atoms. The van der Waals surface area contributed by atoms with Crippen molar-refractivity contribution in [3.63, 3.8) is 0 Å². The van der Waals surface area contributed by atoms with Gasteiger partial charge in [0.05, 0.1) is 6.04 Å². The molecule has 1 aromatic heterocycles. The number of carboxylic acid groups (broad SMARTS) is 1. The normalized spacial score (nSPS) is 18.9. The van der Waals surface area contributed by atoms with Crippen LogP contribution in [0.2, 0.25) is 18.1 Å². The molecule has 1 saturated carbocycles. The van der Waals surface area contributed by atoms with Gasteiger partial charge in [0.2, 0.25) is 14.2 Å². The summed E-state index contributed by atoms with van der Waals surface area (Å²) in [5.41, 5.74) is 1.07. The number of pyridine rings is 1. The molecule has 1 fully saturated rings. The Morgan fingerprint density at radius 1 is 1.07 bits per heavy atom. The molecule has 1 N–H and O–H groups in total. The third-order valence-corrected chi connectivity index (χ3v) is 13.1. The Morgan fingerprint density at radius 2 is 1.70 bits per heavy atom. The van der Waals surface area contributed by atoms with Gasteiger partial charge in [-0.25, -0.2) is 4.79 Å². The minimum absolute atomic E-state index is 0.0151. The van der Waals surface area contributed by atoms with Gasteiger partial charge in [-0.3, -0.25) is 14.7 Å².